The van der Waals surface area contributed by atoms with Gasteiger partial charge in [0.25, 0.3) is 0 Å². The summed E-state index contributed by atoms with van der Waals surface area (Å²) in [6, 6.07) is 7.36. The highest BCUT2D eigenvalue weighted by molar-refractivity contribution is 5.66. The maximum Gasteiger partial charge on any atom is 0.171 e. The second kappa shape index (κ2) is 2.36. The molecule has 1 aliphatic rings. The zero-order chi connectivity index (χ0) is 7.68. The van der Waals surface area contributed by atoms with Crippen LogP contribution in [0.2, 0.25) is 0 Å². The molecular weight excluding hydrogens is 142 g/mol. The van der Waals surface area contributed by atoms with Crippen LogP contribution >= 0.6 is 0 Å². The van der Waals surface area contributed by atoms with Crippen molar-refractivity contribution in [3.63, 3.8) is 0 Å². The molecule has 0 aliphatic carbocycles. The second-order valence-corrected chi connectivity index (χ2v) is 2.29. The molecule has 0 amide bonds. The van der Waals surface area contributed by atoms with Gasteiger partial charge in [-0.25, -0.2) is 0 Å². The van der Waals surface area contributed by atoms with Crippen molar-refractivity contribution in [1.29, 1.82) is 0 Å². The van der Waals surface area contributed by atoms with Crippen molar-refractivity contribution < 1.29 is 9.78 Å². The van der Waals surface area contributed by atoms with E-state index in [2.05, 4.69) is 0 Å². The Morgan fingerprint density at radius 2 is 2.18 bits per heavy atom. The van der Waals surface area contributed by atoms with Gasteiger partial charge < -0.3 is 4.89 Å². The van der Waals surface area contributed by atoms with Crippen LogP contribution in [0.1, 0.15) is 11.7 Å². The molecule has 2 rings (SSSR count). The van der Waals surface area contributed by atoms with Gasteiger partial charge in [-0.1, -0.05) is 18.2 Å². The molecule has 11 heavy (non-hydrogen) atoms. The van der Waals surface area contributed by atoms with Crippen LogP contribution in [0.3, 0.4) is 0 Å². The van der Waals surface area contributed by atoms with Gasteiger partial charge in [0.05, 0.1) is 6.21 Å². The number of benzene rings is 1. The average Bonchev–Trinajstić information content (AvgIpc) is 2.47. The number of nitrogens with zero attached hydrogens (tertiary/aromatic N) is 1. The van der Waals surface area contributed by atoms with Gasteiger partial charge in [0.15, 0.2) is 11.9 Å². The Hall–Kier alpha value is -1.35. The van der Waals surface area contributed by atoms with E-state index in [4.69, 9.17) is 15.2 Å². The monoisotopic (exact) mass is 148 g/mol. The van der Waals surface area contributed by atoms with Crippen LogP contribution in [0.25, 0.3) is 0 Å². The maximum atomic E-state index is 8.68. The van der Waals surface area contributed by atoms with Crippen molar-refractivity contribution in [2.45, 2.75) is 6.10 Å². The van der Waals surface area contributed by atoms with Gasteiger partial charge in [-0.2, -0.15) is 10.3 Å². The third kappa shape index (κ3) is 0.897. The Kier molecular flexibility index (Phi) is 1.36. The fraction of sp³-hybridized carbons (Fsp3) is 0.125. The van der Waals surface area contributed by atoms with E-state index < -0.39 is 6.10 Å². The predicted octanol–water partition coefficient (Wildman–Crippen LogP) is 0.923. The summed E-state index contributed by atoms with van der Waals surface area (Å²) in [5.74, 6) is 0.669. The van der Waals surface area contributed by atoms with E-state index >= 15 is 0 Å². The largest absolute Gasteiger partial charge is 0.336 e. The molecule has 1 aromatic rings. The molecule has 1 atom stereocenters. The first-order valence-electron chi connectivity index (χ1n) is 3.31. The molecule has 55 valence electrons. The molecule has 0 N–H and O–H groups in total. The number of para-hydroxylation sites is 1. The molecule has 0 saturated heterocycles. The lowest BCUT2D eigenvalue weighted by atomic mass is 10.1. The molecule has 0 aromatic heterocycles. The highest BCUT2D eigenvalue weighted by atomic mass is 17.2. The predicted molar refractivity (Wildman–Crippen MR) is 39.1 cm³/mol. The van der Waals surface area contributed by atoms with Crippen LogP contribution < -0.4 is 10.3 Å². The van der Waals surface area contributed by atoms with Gasteiger partial charge in [-0.15, -0.1) is 0 Å². The molecule has 0 fully saturated rings. The van der Waals surface area contributed by atoms with Gasteiger partial charge in [-0.05, 0) is 6.07 Å². The van der Waals surface area contributed by atoms with Crippen molar-refractivity contribution in [3.8, 4) is 5.75 Å². The third-order valence-electron chi connectivity index (χ3n) is 1.60. The van der Waals surface area contributed by atoms with Crippen molar-refractivity contribution in [1.82, 2.24) is 5.41 Å². The smallest absolute Gasteiger partial charge is 0.171 e. The number of fused-ring (bicyclic) bond motifs is 1. The zero-order valence-electron chi connectivity index (χ0n) is 5.73. The summed E-state index contributed by atoms with van der Waals surface area (Å²) in [5, 5.41) is 8.68. The summed E-state index contributed by atoms with van der Waals surface area (Å²) in [6.45, 7) is 0. The van der Waals surface area contributed by atoms with Crippen molar-refractivity contribution in [3.05, 3.63) is 29.8 Å². The molecular formula is C8H6NO2. The summed E-state index contributed by atoms with van der Waals surface area (Å²) < 4.78 is 0. The zero-order valence-corrected chi connectivity index (χ0v) is 5.73. The van der Waals surface area contributed by atoms with Crippen molar-refractivity contribution in [2.75, 3.05) is 0 Å². The van der Waals surface area contributed by atoms with Crippen LogP contribution in [0.15, 0.2) is 24.3 Å². The number of hydrogen-bond acceptors (Lipinski definition) is 2. The van der Waals surface area contributed by atoms with E-state index in [0.29, 0.717) is 5.75 Å². The van der Waals surface area contributed by atoms with E-state index in [1.54, 1.807) is 6.07 Å². The molecule has 1 aromatic carbocycles. The molecule has 0 bridgehead atoms. The van der Waals surface area contributed by atoms with E-state index in [1.165, 1.54) is 0 Å². The van der Waals surface area contributed by atoms with Crippen molar-refractivity contribution in [2.24, 2.45) is 0 Å². The summed E-state index contributed by atoms with van der Waals surface area (Å²) in [4.78, 5) is 9.58. The Morgan fingerprint density at radius 1 is 1.36 bits per heavy atom. The molecule has 3 heteroatoms. The molecule has 1 radical (unpaired) electrons. The minimum Gasteiger partial charge on any atom is -0.336 e. The quantitative estimate of drug-likeness (QED) is 0.439. The molecule has 0 spiro atoms. The van der Waals surface area contributed by atoms with Gasteiger partial charge >= 0.3 is 0 Å². The topological polar surface area (TPSA) is 40.8 Å². The lowest BCUT2D eigenvalue weighted by molar-refractivity contribution is -0.203. The van der Waals surface area contributed by atoms with Crippen LogP contribution in [0.4, 0.5) is 0 Å². The van der Waals surface area contributed by atoms with Gasteiger partial charge in [0.2, 0.25) is 0 Å². The second-order valence-electron chi connectivity index (χ2n) is 2.29. The Labute approximate surface area is 64.0 Å². The van der Waals surface area contributed by atoms with Crippen LogP contribution in [0.5, 0.6) is 5.75 Å². The highest BCUT2D eigenvalue weighted by Gasteiger charge is 2.23. The molecule has 1 heterocycles. The SMILES string of the molecule is [N]=CC1OOc2ccccc21. The molecule has 1 aliphatic heterocycles. The Morgan fingerprint density at radius 3 is 3.00 bits per heavy atom. The Bertz CT molecular complexity index is 285. The summed E-state index contributed by atoms with van der Waals surface area (Å²) in [7, 11) is 0. The van der Waals surface area contributed by atoms with Gasteiger partial charge in [-0.3, -0.25) is 0 Å². The van der Waals surface area contributed by atoms with Gasteiger partial charge in [0.1, 0.15) is 0 Å². The normalized spacial score (nSPS) is 20.5. The lowest BCUT2D eigenvalue weighted by Gasteiger charge is -1.94. The molecule has 0 saturated carbocycles. The molecule has 3 nitrogen and oxygen atoms in total. The van der Waals surface area contributed by atoms with E-state index in [1.807, 2.05) is 18.2 Å². The standard InChI is InChI=1S/C8H6NO2/c9-5-8-6-3-1-2-4-7(6)10-11-8/h1-5,8H. The number of rotatable bonds is 1. The first-order valence-corrected chi connectivity index (χ1v) is 3.31. The minimum absolute atomic E-state index is 0.439. The van der Waals surface area contributed by atoms with Crippen LogP contribution in [0, 0.1) is 0 Å². The third-order valence-corrected chi connectivity index (χ3v) is 1.60. The van der Waals surface area contributed by atoms with E-state index in [0.717, 1.165) is 11.8 Å². The minimum atomic E-state index is -0.439. The van der Waals surface area contributed by atoms with Crippen molar-refractivity contribution >= 4 is 6.21 Å². The highest BCUT2D eigenvalue weighted by Crippen LogP contribution is 2.32. The lowest BCUT2D eigenvalue weighted by Crippen LogP contribution is -1.98. The Balaban J connectivity index is 2.46. The van der Waals surface area contributed by atoms with Crippen LogP contribution in [-0.4, -0.2) is 6.21 Å². The van der Waals surface area contributed by atoms with E-state index in [9.17, 15) is 0 Å². The first kappa shape index (κ1) is 6.37. The number of hydrogen-bond donors (Lipinski definition) is 0. The maximum absolute atomic E-state index is 8.68. The first-order chi connectivity index (χ1) is 5.42. The summed E-state index contributed by atoms with van der Waals surface area (Å²) >= 11 is 0. The summed E-state index contributed by atoms with van der Waals surface area (Å²) in [6.07, 6.45) is 0.525. The fourth-order valence-electron chi connectivity index (χ4n) is 1.05. The fourth-order valence-corrected chi connectivity index (χ4v) is 1.05. The van der Waals surface area contributed by atoms with E-state index in [-0.39, 0.29) is 0 Å². The molecule has 1 unspecified atom stereocenters. The van der Waals surface area contributed by atoms with Gasteiger partial charge in [0, 0.05) is 5.56 Å². The van der Waals surface area contributed by atoms with Crippen LogP contribution in [-0.2, 0) is 4.89 Å². The average molecular weight is 148 g/mol. The summed E-state index contributed by atoms with van der Waals surface area (Å²) in [5.41, 5.74) is 0.856.